The molecule has 2 aromatic rings. The Morgan fingerprint density at radius 3 is 2.94 bits per heavy atom. The van der Waals surface area contributed by atoms with Crippen molar-refractivity contribution in [2.24, 2.45) is 0 Å². The van der Waals surface area contributed by atoms with Crippen LogP contribution in [0.15, 0.2) is 24.3 Å². The van der Waals surface area contributed by atoms with Crippen LogP contribution in [0.2, 0.25) is 0 Å². The summed E-state index contributed by atoms with van der Waals surface area (Å²) in [7, 11) is 1.73. The molecular formula is C14H21N3O. The van der Waals surface area contributed by atoms with E-state index in [-0.39, 0.29) is 0 Å². The van der Waals surface area contributed by atoms with Gasteiger partial charge in [-0.05, 0) is 19.0 Å². The molecule has 0 radical (unpaired) electrons. The van der Waals surface area contributed by atoms with Crippen LogP contribution in [0.5, 0.6) is 0 Å². The number of hydrogen-bond acceptors (Lipinski definition) is 3. The lowest BCUT2D eigenvalue weighted by Crippen LogP contribution is -2.13. The minimum absolute atomic E-state index is 0.775. The van der Waals surface area contributed by atoms with Crippen LogP contribution in [-0.4, -0.2) is 30.0 Å². The average molecular weight is 247 g/mol. The third-order valence-electron chi connectivity index (χ3n) is 3.00. The van der Waals surface area contributed by atoms with Gasteiger partial charge in [0.2, 0.25) is 0 Å². The van der Waals surface area contributed by atoms with Gasteiger partial charge in [-0.1, -0.05) is 25.1 Å². The molecule has 1 heterocycles. The van der Waals surface area contributed by atoms with Crippen LogP contribution in [-0.2, 0) is 17.8 Å². The molecule has 4 heteroatoms. The van der Waals surface area contributed by atoms with Gasteiger partial charge in [-0.25, -0.2) is 0 Å². The SMILES string of the molecule is CCNCc1nn(CCCOC)c2ccccc12. The number of aryl methyl sites for hydroxylation is 1. The van der Waals surface area contributed by atoms with Gasteiger partial charge in [0.15, 0.2) is 0 Å². The summed E-state index contributed by atoms with van der Waals surface area (Å²) in [6, 6.07) is 8.40. The van der Waals surface area contributed by atoms with E-state index >= 15 is 0 Å². The summed E-state index contributed by atoms with van der Waals surface area (Å²) in [6.45, 7) is 5.58. The molecule has 1 aromatic carbocycles. The highest BCUT2D eigenvalue weighted by atomic mass is 16.5. The van der Waals surface area contributed by atoms with Crippen LogP contribution < -0.4 is 5.32 Å². The second-order valence-corrected chi connectivity index (χ2v) is 4.31. The van der Waals surface area contributed by atoms with Gasteiger partial charge >= 0.3 is 0 Å². The van der Waals surface area contributed by atoms with E-state index in [4.69, 9.17) is 9.84 Å². The lowest BCUT2D eigenvalue weighted by atomic mass is 10.2. The number of para-hydroxylation sites is 1. The maximum absolute atomic E-state index is 5.09. The van der Waals surface area contributed by atoms with Crippen LogP contribution >= 0.6 is 0 Å². The predicted octanol–water partition coefficient (Wildman–Crippen LogP) is 2.18. The Balaban J connectivity index is 2.23. The maximum atomic E-state index is 5.09. The highest BCUT2D eigenvalue weighted by Crippen LogP contribution is 2.18. The molecule has 0 unspecified atom stereocenters. The predicted molar refractivity (Wildman–Crippen MR) is 73.6 cm³/mol. The summed E-state index contributed by atoms with van der Waals surface area (Å²) in [6.07, 6.45) is 0.989. The molecule has 0 saturated heterocycles. The van der Waals surface area contributed by atoms with Crippen molar-refractivity contribution < 1.29 is 4.74 Å². The van der Waals surface area contributed by atoms with Gasteiger partial charge in [0.25, 0.3) is 0 Å². The molecule has 1 aromatic heterocycles. The fraction of sp³-hybridized carbons (Fsp3) is 0.500. The largest absolute Gasteiger partial charge is 0.385 e. The summed E-state index contributed by atoms with van der Waals surface area (Å²) in [5.74, 6) is 0. The van der Waals surface area contributed by atoms with Crippen molar-refractivity contribution in [3.8, 4) is 0 Å². The molecule has 0 aliphatic heterocycles. The van der Waals surface area contributed by atoms with Crippen molar-refractivity contribution in [3.63, 3.8) is 0 Å². The van der Waals surface area contributed by atoms with Crippen molar-refractivity contribution >= 4 is 10.9 Å². The molecule has 0 saturated carbocycles. The first-order chi connectivity index (χ1) is 8.86. The molecule has 18 heavy (non-hydrogen) atoms. The number of nitrogens with one attached hydrogen (secondary N) is 1. The zero-order valence-electron chi connectivity index (χ0n) is 11.1. The van der Waals surface area contributed by atoms with Gasteiger partial charge < -0.3 is 10.1 Å². The quantitative estimate of drug-likeness (QED) is 0.762. The first-order valence-electron chi connectivity index (χ1n) is 6.51. The topological polar surface area (TPSA) is 39.1 Å². The van der Waals surface area contributed by atoms with Gasteiger partial charge in [0.1, 0.15) is 0 Å². The second-order valence-electron chi connectivity index (χ2n) is 4.31. The number of methoxy groups -OCH3 is 1. The summed E-state index contributed by atoms with van der Waals surface area (Å²) in [5.41, 5.74) is 2.34. The van der Waals surface area contributed by atoms with Crippen molar-refractivity contribution in [3.05, 3.63) is 30.0 Å². The van der Waals surface area contributed by atoms with Crippen LogP contribution in [0.4, 0.5) is 0 Å². The molecule has 0 atom stereocenters. The van der Waals surface area contributed by atoms with E-state index in [1.807, 2.05) is 0 Å². The number of benzene rings is 1. The molecule has 0 bridgehead atoms. The number of rotatable bonds is 7. The summed E-state index contributed by atoms with van der Waals surface area (Å²) < 4.78 is 7.18. The Kier molecular flexibility index (Phi) is 4.73. The normalized spacial score (nSPS) is 11.2. The molecule has 0 amide bonds. The van der Waals surface area contributed by atoms with Crippen LogP contribution in [0.1, 0.15) is 19.0 Å². The standard InChI is InChI=1S/C14H21N3O/c1-3-15-11-13-12-7-4-5-8-14(12)17(16-13)9-6-10-18-2/h4-5,7-8,15H,3,6,9-11H2,1-2H3. The fourth-order valence-electron chi connectivity index (χ4n) is 2.10. The Hall–Kier alpha value is -1.39. The number of aromatic nitrogens is 2. The van der Waals surface area contributed by atoms with Crippen molar-refractivity contribution in [1.29, 1.82) is 0 Å². The molecule has 0 aliphatic rings. The lowest BCUT2D eigenvalue weighted by Gasteiger charge is -2.02. The number of hydrogen-bond donors (Lipinski definition) is 1. The average Bonchev–Trinajstić information content (AvgIpc) is 2.76. The maximum Gasteiger partial charge on any atom is 0.0841 e. The third-order valence-corrected chi connectivity index (χ3v) is 3.00. The van der Waals surface area contributed by atoms with Gasteiger partial charge in [0, 0.05) is 32.2 Å². The first-order valence-corrected chi connectivity index (χ1v) is 6.51. The van der Waals surface area contributed by atoms with Crippen LogP contribution in [0.25, 0.3) is 10.9 Å². The summed E-state index contributed by atoms with van der Waals surface area (Å²) in [4.78, 5) is 0. The number of fused-ring (bicyclic) bond motifs is 1. The first kappa shape index (κ1) is 13.1. The van der Waals surface area contributed by atoms with E-state index in [2.05, 4.69) is 41.2 Å². The molecule has 0 aliphatic carbocycles. The lowest BCUT2D eigenvalue weighted by molar-refractivity contribution is 0.189. The molecule has 4 nitrogen and oxygen atoms in total. The summed E-state index contributed by atoms with van der Waals surface area (Å²) in [5, 5.41) is 9.28. The van der Waals surface area contributed by atoms with E-state index < -0.39 is 0 Å². The highest BCUT2D eigenvalue weighted by molar-refractivity contribution is 5.81. The molecule has 0 spiro atoms. The van der Waals surface area contributed by atoms with E-state index in [1.165, 1.54) is 10.9 Å². The number of nitrogens with zero attached hydrogens (tertiary/aromatic N) is 2. The minimum Gasteiger partial charge on any atom is -0.385 e. The second kappa shape index (κ2) is 6.52. The van der Waals surface area contributed by atoms with Gasteiger partial charge in [0.05, 0.1) is 11.2 Å². The van der Waals surface area contributed by atoms with Crippen molar-refractivity contribution in [2.45, 2.75) is 26.4 Å². The smallest absolute Gasteiger partial charge is 0.0841 e. The molecule has 2 rings (SSSR count). The summed E-state index contributed by atoms with van der Waals surface area (Å²) >= 11 is 0. The number of ether oxygens (including phenoxy) is 1. The molecule has 1 N–H and O–H groups in total. The van der Waals surface area contributed by atoms with Crippen LogP contribution in [0, 0.1) is 0 Å². The minimum atomic E-state index is 0.775. The Morgan fingerprint density at radius 1 is 1.33 bits per heavy atom. The Labute approximate surface area is 108 Å². The highest BCUT2D eigenvalue weighted by Gasteiger charge is 2.08. The van der Waals surface area contributed by atoms with Gasteiger partial charge in [-0.3, -0.25) is 4.68 Å². The fourth-order valence-corrected chi connectivity index (χ4v) is 2.10. The molecular weight excluding hydrogens is 226 g/mol. The van der Waals surface area contributed by atoms with Crippen molar-refractivity contribution in [1.82, 2.24) is 15.1 Å². The van der Waals surface area contributed by atoms with E-state index in [0.717, 1.165) is 38.4 Å². The van der Waals surface area contributed by atoms with Gasteiger partial charge in [-0.2, -0.15) is 5.10 Å². The molecule has 0 fully saturated rings. The molecule has 98 valence electrons. The third kappa shape index (κ3) is 2.89. The van der Waals surface area contributed by atoms with E-state index in [0.29, 0.717) is 0 Å². The van der Waals surface area contributed by atoms with E-state index in [1.54, 1.807) is 7.11 Å². The monoisotopic (exact) mass is 247 g/mol. The Morgan fingerprint density at radius 2 is 2.17 bits per heavy atom. The Bertz CT molecular complexity index is 493. The van der Waals surface area contributed by atoms with Gasteiger partial charge in [-0.15, -0.1) is 0 Å². The zero-order valence-corrected chi connectivity index (χ0v) is 11.1. The van der Waals surface area contributed by atoms with E-state index in [9.17, 15) is 0 Å². The van der Waals surface area contributed by atoms with Crippen molar-refractivity contribution in [2.75, 3.05) is 20.3 Å². The zero-order chi connectivity index (χ0) is 12.8. The van der Waals surface area contributed by atoms with Crippen LogP contribution in [0.3, 0.4) is 0 Å².